The van der Waals surface area contributed by atoms with Gasteiger partial charge in [0, 0.05) is 11.0 Å². The van der Waals surface area contributed by atoms with Crippen molar-refractivity contribution in [2.24, 2.45) is 0 Å². The van der Waals surface area contributed by atoms with Gasteiger partial charge >= 0.3 is 0 Å². The summed E-state index contributed by atoms with van der Waals surface area (Å²) >= 11 is 3.41. The van der Waals surface area contributed by atoms with Crippen LogP contribution in [0.25, 0.3) is 0 Å². The zero-order chi connectivity index (χ0) is 12.8. The third-order valence-electron chi connectivity index (χ3n) is 3.07. The minimum atomic E-state index is 0.234. The first kappa shape index (κ1) is 13.8. The normalized spacial score (nSPS) is 23.2. The highest BCUT2D eigenvalue weighted by Gasteiger charge is 2.25. The number of likely N-dealkylation sites (N-methyl/N-ethyl adjacent to an activating group) is 1. The molecule has 0 aliphatic carbocycles. The molecule has 0 bridgehead atoms. The van der Waals surface area contributed by atoms with Gasteiger partial charge in [0.15, 0.2) is 0 Å². The quantitative estimate of drug-likeness (QED) is 0.876. The van der Waals surface area contributed by atoms with Crippen LogP contribution in [-0.4, -0.2) is 31.9 Å². The molecule has 1 aromatic rings. The number of benzene rings is 1. The molecule has 0 amide bonds. The number of ether oxygens (including phenoxy) is 2. The van der Waals surface area contributed by atoms with Crippen LogP contribution in [0.3, 0.4) is 0 Å². The highest BCUT2D eigenvalue weighted by Crippen LogP contribution is 2.21. The van der Waals surface area contributed by atoms with Crippen molar-refractivity contribution in [2.75, 3.05) is 19.7 Å². The molecule has 4 heteroatoms. The summed E-state index contributed by atoms with van der Waals surface area (Å²) < 4.78 is 12.7. The maximum Gasteiger partial charge on any atom is 0.119 e. The molecule has 1 heterocycles. The number of hydrogen-bond donors (Lipinski definition) is 1. The molecule has 0 aromatic heterocycles. The van der Waals surface area contributed by atoms with E-state index in [2.05, 4.69) is 28.2 Å². The highest BCUT2D eigenvalue weighted by molar-refractivity contribution is 9.10. The average molecular weight is 314 g/mol. The van der Waals surface area contributed by atoms with Gasteiger partial charge in [-0.3, -0.25) is 0 Å². The van der Waals surface area contributed by atoms with E-state index in [1.54, 1.807) is 0 Å². The van der Waals surface area contributed by atoms with Crippen molar-refractivity contribution in [3.8, 4) is 5.75 Å². The molecule has 1 aliphatic heterocycles. The zero-order valence-electron chi connectivity index (χ0n) is 10.7. The van der Waals surface area contributed by atoms with Crippen molar-refractivity contribution in [3.05, 3.63) is 28.7 Å². The van der Waals surface area contributed by atoms with Gasteiger partial charge in [0.25, 0.3) is 0 Å². The van der Waals surface area contributed by atoms with Gasteiger partial charge in [0.05, 0.1) is 12.2 Å². The maximum absolute atomic E-state index is 5.91. The van der Waals surface area contributed by atoms with E-state index >= 15 is 0 Å². The minimum absolute atomic E-state index is 0.234. The van der Waals surface area contributed by atoms with Crippen LogP contribution in [0.15, 0.2) is 28.7 Å². The molecule has 1 fully saturated rings. The summed E-state index contributed by atoms with van der Waals surface area (Å²) in [6, 6.07) is 7.90. The largest absolute Gasteiger partial charge is 0.491 e. The van der Waals surface area contributed by atoms with E-state index in [-0.39, 0.29) is 6.10 Å². The zero-order valence-corrected chi connectivity index (χ0v) is 12.3. The van der Waals surface area contributed by atoms with Crippen LogP contribution in [0.2, 0.25) is 0 Å². The Morgan fingerprint density at radius 2 is 2.00 bits per heavy atom. The first-order valence-corrected chi connectivity index (χ1v) is 7.31. The van der Waals surface area contributed by atoms with Crippen LogP contribution >= 0.6 is 15.9 Å². The molecule has 1 aliphatic rings. The Kier molecular flexibility index (Phi) is 5.47. The van der Waals surface area contributed by atoms with Gasteiger partial charge in [-0.2, -0.15) is 0 Å². The van der Waals surface area contributed by atoms with Crippen LogP contribution < -0.4 is 10.1 Å². The van der Waals surface area contributed by atoms with Gasteiger partial charge in [0.1, 0.15) is 12.4 Å². The summed E-state index contributed by atoms with van der Waals surface area (Å²) in [7, 11) is 0. The fourth-order valence-corrected chi connectivity index (χ4v) is 2.34. The second-order valence-corrected chi connectivity index (χ2v) is 5.45. The van der Waals surface area contributed by atoms with E-state index in [0.29, 0.717) is 12.7 Å². The Morgan fingerprint density at radius 1 is 1.28 bits per heavy atom. The van der Waals surface area contributed by atoms with Crippen molar-refractivity contribution >= 4 is 15.9 Å². The summed E-state index contributed by atoms with van der Waals surface area (Å²) in [6.07, 6.45) is 2.80. The molecule has 0 spiro atoms. The van der Waals surface area contributed by atoms with Gasteiger partial charge in [-0.15, -0.1) is 0 Å². The van der Waals surface area contributed by atoms with Crippen LogP contribution in [0.4, 0.5) is 0 Å². The fourth-order valence-electron chi connectivity index (χ4n) is 2.08. The Balaban J connectivity index is 1.70. The minimum Gasteiger partial charge on any atom is -0.491 e. The van der Waals surface area contributed by atoms with Gasteiger partial charge in [0.2, 0.25) is 0 Å². The second-order valence-electron chi connectivity index (χ2n) is 4.53. The second kappa shape index (κ2) is 7.12. The van der Waals surface area contributed by atoms with Crippen LogP contribution in [-0.2, 0) is 4.74 Å². The van der Waals surface area contributed by atoms with Crippen molar-refractivity contribution in [1.29, 1.82) is 0 Å². The lowest BCUT2D eigenvalue weighted by molar-refractivity contribution is 0.0188. The van der Waals surface area contributed by atoms with E-state index < -0.39 is 0 Å². The number of rotatable bonds is 6. The molecule has 2 atom stereocenters. The Morgan fingerprint density at radius 3 is 2.72 bits per heavy atom. The lowest BCUT2D eigenvalue weighted by atomic mass is 10.2. The molecule has 3 nitrogen and oxygen atoms in total. The molecular formula is C14H20BrNO2. The van der Waals surface area contributed by atoms with E-state index in [4.69, 9.17) is 9.47 Å². The fraction of sp³-hybridized carbons (Fsp3) is 0.571. The summed E-state index contributed by atoms with van der Waals surface area (Å²) in [5, 5.41) is 3.32. The topological polar surface area (TPSA) is 30.5 Å². The summed E-state index contributed by atoms with van der Waals surface area (Å²) in [5.41, 5.74) is 0. The molecular weight excluding hydrogens is 294 g/mol. The molecule has 100 valence electrons. The summed E-state index contributed by atoms with van der Waals surface area (Å²) in [5.74, 6) is 0.900. The van der Waals surface area contributed by atoms with E-state index in [1.165, 1.54) is 0 Å². The van der Waals surface area contributed by atoms with Crippen molar-refractivity contribution < 1.29 is 9.47 Å². The number of halogens is 1. The van der Waals surface area contributed by atoms with Gasteiger partial charge < -0.3 is 14.8 Å². The third kappa shape index (κ3) is 4.26. The smallest absolute Gasteiger partial charge is 0.119 e. The van der Waals surface area contributed by atoms with E-state index in [0.717, 1.165) is 36.2 Å². The highest BCUT2D eigenvalue weighted by atomic mass is 79.9. The number of nitrogens with one attached hydrogen (secondary N) is 1. The van der Waals surface area contributed by atoms with Crippen LogP contribution in [0.1, 0.15) is 19.8 Å². The predicted octanol–water partition coefficient (Wildman–Crippen LogP) is 2.99. The van der Waals surface area contributed by atoms with Gasteiger partial charge in [-0.1, -0.05) is 22.9 Å². The molecule has 1 N–H and O–H groups in total. The third-order valence-corrected chi connectivity index (χ3v) is 3.60. The summed E-state index contributed by atoms with van der Waals surface area (Å²) in [4.78, 5) is 0. The maximum atomic E-state index is 5.91. The Hall–Kier alpha value is -0.580. The Labute approximate surface area is 117 Å². The monoisotopic (exact) mass is 313 g/mol. The van der Waals surface area contributed by atoms with Crippen molar-refractivity contribution in [3.63, 3.8) is 0 Å². The lowest BCUT2D eigenvalue weighted by Crippen LogP contribution is -2.28. The van der Waals surface area contributed by atoms with Crippen LogP contribution in [0.5, 0.6) is 5.75 Å². The Bertz CT molecular complexity index is 355. The van der Waals surface area contributed by atoms with Gasteiger partial charge in [-0.25, -0.2) is 0 Å². The standard InChI is InChI=1S/C14H20BrNO2/c1-2-16-9-13-7-8-14(18-13)10-17-12-5-3-11(15)4-6-12/h3-6,13-14,16H,2,7-10H2,1H3. The number of hydrogen-bond acceptors (Lipinski definition) is 3. The first-order valence-electron chi connectivity index (χ1n) is 6.52. The molecule has 1 saturated heterocycles. The SMILES string of the molecule is CCNCC1CCC(COc2ccc(Br)cc2)O1. The van der Waals surface area contributed by atoms with E-state index in [9.17, 15) is 0 Å². The lowest BCUT2D eigenvalue weighted by Gasteiger charge is -2.14. The molecule has 0 radical (unpaired) electrons. The molecule has 2 rings (SSSR count). The van der Waals surface area contributed by atoms with Crippen molar-refractivity contribution in [1.82, 2.24) is 5.32 Å². The van der Waals surface area contributed by atoms with Crippen molar-refractivity contribution in [2.45, 2.75) is 32.0 Å². The van der Waals surface area contributed by atoms with Crippen LogP contribution in [0, 0.1) is 0 Å². The molecule has 0 saturated carbocycles. The molecule has 2 unspecified atom stereocenters. The summed E-state index contributed by atoms with van der Waals surface area (Å²) in [6.45, 7) is 4.71. The van der Waals surface area contributed by atoms with Gasteiger partial charge in [-0.05, 0) is 43.7 Å². The first-order chi connectivity index (χ1) is 8.78. The molecule has 1 aromatic carbocycles. The van der Waals surface area contributed by atoms with E-state index in [1.807, 2.05) is 24.3 Å². The predicted molar refractivity (Wildman–Crippen MR) is 76.1 cm³/mol. The average Bonchev–Trinajstić information content (AvgIpc) is 2.84. The molecule has 18 heavy (non-hydrogen) atoms.